The van der Waals surface area contributed by atoms with Crippen LogP contribution in [0.15, 0.2) is 58.3 Å². The van der Waals surface area contributed by atoms with Crippen molar-refractivity contribution >= 4 is 17.8 Å². The molecule has 0 radical (unpaired) electrons. The Kier molecular flexibility index (Phi) is 6.83. The zero-order valence-corrected chi connectivity index (χ0v) is 20.1. The van der Waals surface area contributed by atoms with E-state index in [4.69, 9.17) is 4.42 Å². The molecule has 4 amide bonds. The summed E-state index contributed by atoms with van der Waals surface area (Å²) in [5.41, 5.74) is -0.814. The predicted molar refractivity (Wildman–Crippen MR) is 123 cm³/mol. The molecule has 2 aliphatic rings. The molecule has 2 aromatic rings. The van der Waals surface area contributed by atoms with Gasteiger partial charge in [-0.3, -0.25) is 14.5 Å². The Morgan fingerprint density at radius 1 is 1.19 bits per heavy atom. The lowest BCUT2D eigenvalue weighted by atomic mass is 9.91. The number of nitrogens with zero attached hydrogens (tertiary/aromatic N) is 2. The summed E-state index contributed by atoms with van der Waals surface area (Å²) in [7, 11) is 0. The molecular formula is C25H27F3N4O4. The van der Waals surface area contributed by atoms with Crippen LogP contribution >= 0.6 is 0 Å². The summed E-state index contributed by atoms with van der Waals surface area (Å²) in [4.78, 5) is 42.4. The Morgan fingerprint density at radius 2 is 1.92 bits per heavy atom. The van der Waals surface area contributed by atoms with Crippen LogP contribution in [0.1, 0.15) is 43.7 Å². The fourth-order valence-electron chi connectivity index (χ4n) is 4.81. The van der Waals surface area contributed by atoms with Crippen molar-refractivity contribution in [3.05, 3.63) is 70.8 Å². The van der Waals surface area contributed by atoms with Crippen LogP contribution in [0.25, 0.3) is 0 Å². The third-order valence-corrected chi connectivity index (χ3v) is 6.40. The minimum absolute atomic E-state index is 0.0395. The van der Waals surface area contributed by atoms with Gasteiger partial charge in [0.15, 0.2) is 0 Å². The van der Waals surface area contributed by atoms with Gasteiger partial charge >= 0.3 is 12.2 Å². The van der Waals surface area contributed by atoms with Gasteiger partial charge in [-0.15, -0.1) is 0 Å². The Hall–Kier alpha value is -3.76. The number of hydrogen-bond acceptors (Lipinski definition) is 4. The highest BCUT2D eigenvalue weighted by molar-refractivity contribution is 6.03. The van der Waals surface area contributed by atoms with E-state index in [9.17, 15) is 27.6 Å². The maximum Gasteiger partial charge on any atom is 0.416 e. The molecule has 3 heterocycles. The molecule has 192 valence electrons. The zero-order valence-electron chi connectivity index (χ0n) is 20.1. The van der Waals surface area contributed by atoms with Crippen molar-refractivity contribution in [3.63, 3.8) is 0 Å². The first-order valence-corrected chi connectivity index (χ1v) is 11.6. The van der Waals surface area contributed by atoms with Gasteiger partial charge in [-0.1, -0.05) is 32.0 Å². The van der Waals surface area contributed by atoms with Gasteiger partial charge in [0.05, 0.1) is 42.2 Å². The molecule has 2 N–H and O–H groups in total. The van der Waals surface area contributed by atoms with E-state index in [1.165, 1.54) is 34.3 Å². The molecule has 4 rings (SSSR count). The molecule has 1 aromatic heterocycles. The highest BCUT2D eigenvalue weighted by atomic mass is 19.4. The average molecular weight is 505 g/mol. The molecule has 0 unspecified atom stereocenters. The third kappa shape index (κ3) is 4.57. The van der Waals surface area contributed by atoms with Crippen molar-refractivity contribution in [3.8, 4) is 0 Å². The number of furan rings is 1. The number of hydrogen-bond donors (Lipinski definition) is 2. The van der Waals surface area contributed by atoms with Crippen LogP contribution in [0.3, 0.4) is 0 Å². The van der Waals surface area contributed by atoms with Crippen LogP contribution in [0.4, 0.5) is 18.0 Å². The van der Waals surface area contributed by atoms with Crippen molar-refractivity contribution in [1.82, 2.24) is 20.4 Å². The Balaban J connectivity index is 1.70. The van der Waals surface area contributed by atoms with E-state index in [0.29, 0.717) is 11.5 Å². The number of halogens is 3. The van der Waals surface area contributed by atoms with Gasteiger partial charge < -0.3 is 20.0 Å². The number of benzene rings is 1. The minimum Gasteiger partial charge on any atom is -0.467 e. The second-order valence-electron chi connectivity index (χ2n) is 8.99. The van der Waals surface area contributed by atoms with Crippen LogP contribution in [-0.4, -0.2) is 46.8 Å². The van der Waals surface area contributed by atoms with Gasteiger partial charge in [-0.2, -0.15) is 13.2 Å². The summed E-state index contributed by atoms with van der Waals surface area (Å²) in [6.45, 7) is 5.51. The second kappa shape index (κ2) is 9.71. The topological polar surface area (TPSA) is 94.9 Å². The van der Waals surface area contributed by atoms with Crippen LogP contribution in [0.2, 0.25) is 0 Å². The lowest BCUT2D eigenvalue weighted by Gasteiger charge is -2.33. The summed E-state index contributed by atoms with van der Waals surface area (Å²) in [6.07, 6.45) is -3.21. The molecule has 8 nitrogen and oxygen atoms in total. The predicted octanol–water partition coefficient (Wildman–Crippen LogP) is 3.82. The molecule has 0 spiro atoms. The highest BCUT2D eigenvalue weighted by Gasteiger charge is 2.49. The number of carbonyl (C=O) groups is 3. The average Bonchev–Trinajstić information content (AvgIpc) is 3.45. The van der Waals surface area contributed by atoms with E-state index in [1.807, 2.05) is 0 Å². The summed E-state index contributed by atoms with van der Waals surface area (Å²) < 4.78 is 46.7. The minimum atomic E-state index is -4.68. The van der Waals surface area contributed by atoms with Crippen molar-refractivity contribution in [1.29, 1.82) is 0 Å². The van der Waals surface area contributed by atoms with E-state index in [2.05, 4.69) is 10.6 Å². The highest BCUT2D eigenvalue weighted by Crippen LogP contribution is 2.42. The smallest absolute Gasteiger partial charge is 0.416 e. The number of alkyl halides is 3. The molecule has 2 aliphatic heterocycles. The van der Waals surface area contributed by atoms with E-state index < -0.39 is 41.7 Å². The molecule has 2 atom stereocenters. The molecule has 1 aromatic carbocycles. The normalized spacial score (nSPS) is 19.0. The third-order valence-electron chi connectivity index (χ3n) is 6.40. The number of likely N-dealkylation sites (N-methyl/N-ethyl adjacent to an activating group) is 1. The summed E-state index contributed by atoms with van der Waals surface area (Å²) in [5, 5.41) is 5.34. The van der Waals surface area contributed by atoms with Gasteiger partial charge in [0.1, 0.15) is 11.8 Å². The number of rotatable bonds is 7. The molecule has 0 aliphatic carbocycles. The van der Waals surface area contributed by atoms with Crippen molar-refractivity contribution in [2.45, 2.75) is 45.6 Å². The van der Waals surface area contributed by atoms with Crippen molar-refractivity contribution < 1.29 is 32.0 Å². The molecule has 11 heteroatoms. The Bertz CT molecular complexity index is 1190. The zero-order chi connectivity index (χ0) is 26.2. The number of carbonyl (C=O) groups excluding carboxylic acids is 3. The maximum absolute atomic E-state index is 13.8. The fourth-order valence-corrected chi connectivity index (χ4v) is 4.81. The standard InChI is InChI=1S/C25H27F3N4O4/c1-4-31-18-13-32(21(14(2)3)22(33)29-12-15-8-7-11-36-15)23(34)19(18)20(30-24(31)35)16-9-5-6-10-17(16)25(26,27)28/h5-11,14,20-21H,4,12-13H2,1-3H3,(H,29,33)(H,30,35)/t20-,21+/m0/s1. The lowest BCUT2D eigenvalue weighted by molar-refractivity contribution is -0.139. The monoisotopic (exact) mass is 504 g/mol. The van der Waals surface area contributed by atoms with E-state index in [1.54, 1.807) is 32.9 Å². The fraction of sp³-hybridized carbons (Fsp3) is 0.400. The first-order chi connectivity index (χ1) is 17.0. The second-order valence-corrected chi connectivity index (χ2v) is 8.99. The first kappa shape index (κ1) is 25.3. The Labute approximate surface area is 206 Å². The van der Waals surface area contributed by atoms with E-state index >= 15 is 0 Å². The summed E-state index contributed by atoms with van der Waals surface area (Å²) in [5.74, 6) is -0.792. The van der Waals surface area contributed by atoms with Gasteiger partial charge in [0.25, 0.3) is 5.91 Å². The summed E-state index contributed by atoms with van der Waals surface area (Å²) in [6, 6.07) is 5.43. The molecule has 0 saturated heterocycles. The van der Waals surface area contributed by atoms with Crippen molar-refractivity contribution in [2.24, 2.45) is 5.92 Å². The molecule has 36 heavy (non-hydrogen) atoms. The van der Waals surface area contributed by atoms with Gasteiger partial charge in [0, 0.05) is 6.54 Å². The summed E-state index contributed by atoms with van der Waals surface area (Å²) >= 11 is 0. The molecule has 0 fully saturated rings. The molecule has 0 bridgehead atoms. The quantitative estimate of drug-likeness (QED) is 0.600. The van der Waals surface area contributed by atoms with Gasteiger partial charge in [0.2, 0.25) is 5.91 Å². The van der Waals surface area contributed by atoms with Crippen molar-refractivity contribution in [2.75, 3.05) is 13.1 Å². The maximum atomic E-state index is 13.8. The van der Waals surface area contributed by atoms with Crippen LogP contribution in [0.5, 0.6) is 0 Å². The number of nitrogens with one attached hydrogen (secondary N) is 2. The first-order valence-electron chi connectivity index (χ1n) is 11.6. The van der Waals surface area contributed by atoms with Crippen LogP contribution in [0, 0.1) is 5.92 Å². The molecule has 0 saturated carbocycles. The van der Waals surface area contributed by atoms with E-state index in [0.717, 1.165) is 6.07 Å². The van der Waals surface area contributed by atoms with Gasteiger partial charge in [-0.05, 0) is 36.6 Å². The van der Waals surface area contributed by atoms with Crippen LogP contribution < -0.4 is 10.6 Å². The van der Waals surface area contributed by atoms with Crippen LogP contribution in [-0.2, 0) is 22.3 Å². The molecular weight excluding hydrogens is 477 g/mol. The largest absolute Gasteiger partial charge is 0.467 e. The Morgan fingerprint density at radius 3 is 2.53 bits per heavy atom. The van der Waals surface area contributed by atoms with E-state index in [-0.39, 0.29) is 36.7 Å². The number of amides is 4. The van der Waals surface area contributed by atoms with Gasteiger partial charge in [-0.25, -0.2) is 4.79 Å². The SMILES string of the molecule is CCN1C(=O)N[C@@H](c2ccccc2C(F)(F)F)C2=C1CN([C@@H](C(=O)NCc1ccco1)C(C)C)C2=O. The lowest BCUT2D eigenvalue weighted by Crippen LogP contribution is -2.51. The number of urea groups is 1.